The molecule has 5 nitrogen and oxygen atoms in total. The van der Waals surface area contributed by atoms with E-state index in [1.165, 1.54) is 24.3 Å². The molecule has 1 aromatic heterocycles. The van der Waals surface area contributed by atoms with Gasteiger partial charge in [0.1, 0.15) is 23.3 Å². The number of benzene rings is 2. The number of allylic oxidation sites excluding steroid dienone is 4. The van der Waals surface area contributed by atoms with Crippen molar-refractivity contribution < 1.29 is 17.9 Å². The van der Waals surface area contributed by atoms with Crippen LogP contribution in [-0.4, -0.2) is 29.2 Å². The van der Waals surface area contributed by atoms with Crippen LogP contribution in [0.4, 0.5) is 4.39 Å². The average Bonchev–Trinajstić information content (AvgIpc) is 3.19. The second kappa shape index (κ2) is 8.39. The van der Waals surface area contributed by atoms with Crippen molar-refractivity contribution in [2.75, 3.05) is 5.75 Å². The first-order valence-electron chi connectivity index (χ1n) is 9.67. The van der Waals surface area contributed by atoms with E-state index in [-0.39, 0.29) is 38.8 Å². The summed E-state index contributed by atoms with van der Waals surface area (Å²) in [5.41, 5.74) is 2.02. The molecule has 0 spiro atoms. The maximum Gasteiger partial charge on any atom is 0.178 e. The van der Waals surface area contributed by atoms with E-state index in [4.69, 9.17) is 23.2 Å². The van der Waals surface area contributed by atoms with Gasteiger partial charge in [0, 0.05) is 17.6 Å². The molecule has 0 saturated carbocycles. The molecule has 0 bridgehead atoms. The molecule has 4 rings (SSSR count). The van der Waals surface area contributed by atoms with Crippen LogP contribution < -0.4 is 0 Å². The van der Waals surface area contributed by atoms with Crippen LogP contribution in [0, 0.1) is 0 Å². The number of hydrogen-bond acceptors (Lipinski definition) is 4. The highest BCUT2D eigenvalue weighted by Crippen LogP contribution is 2.41. The average molecular weight is 481 g/mol. The van der Waals surface area contributed by atoms with Crippen LogP contribution in [0.5, 0.6) is 0 Å². The molecule has 162 valence electrons. The largest absolute Gasteiger partial charge is 0.380 e. The monoisotopic (exact) mass is 480 g/mol. The minimum absolute atomic E-state index is 0.00766. The fraction of sp³-hybridized carbons (Fsp3) is 0.227. The van der Waals surface area contributed by atoms with E-state index < -0.39 is 15.9 Å². The molecule has 9 heteroatoms. The lowest BCUT2D eigenvalue weighted by Crippen LogP contribution is -2.05. The number of nitrogens with one attached hydrogen (secondary N) is 1. The van der Waals surface area contributed by atoms with Crippen molar-refractivity contribution in [3.8, 4) is 0 Å². The fourth-order valence-electron chi connectivity index (χ4n) is 3.51. The number of imidazole rings is 1. The van der Waals surface area contributed by atoms with Gasteiger partial charge in [-0.3, -0.25) is 0 Å². The van der Waals surface area contributed by atoms with E-state index in [0.717, 1.165) is 0 Å². The van der Waals surface area contributed by atoms with Crippen molar-refractivity contribution in [3.63, 3.8) is 0 Å². The molecule has 0 amide bonds. The van der Waals surface area contributed by atoms with Crippen LogP contribution >= 0.6 is 23.2 Å². The topological polar surface area (TPSA) is 83.1 Å². The Morgan fingerprint density at radius 2 is 1.97 bits per heavy atom. The number of rotatable bonds is 5. The van der Waals surface area contributed by atoms with Crippen LogP contribution in [0.3, 0.4) is 0 Å². The van der Waals surface area contributed by atoms with Gasteiger partial charge in [0.25, 0.3) is 0 Å². The molecule has 1 atom stereocenters. The van der Waals surface area contributed by atoms with Gasteiger partial charge in [-0.1, -0.05) is 54.4 Å². The minimum Gasteiger partial charge on any atom is -0.380 e. The van der Waals surface area contributed by atoms with E-state index in [9.17, 15) is 17.9 Å². The van der Waals surface area contributed by atoms with Crippen LogP contribution in [0.2, 0.25) is 10.0 Å². The third-order valence-electron chi connectivity index (χ3n) is 5.26. The molecule has 2 N–H and O–H groups in total. The Kier molecular flexibility index (Phi) is 5.96. The van der Waals surface area contributed by atoms with Crippen molar-refractivity contribution in [2.24, 2.45) is 0 Å². The summed E-state index contributed by atoms with van der Waals surface area (Å²) in [4.78, 5) is 7.60. The third-order valence-corrected chi connectivity index (χ3v) is 7.67. The summed E-state index contributed by atoms with van der Waals surface area (Å²) < 4.78 is 38.4. The Hall–Kier alpha value is -2.19. The molecule has 1 aliphatic carbocycles. The highest BCUT2D eigenvalue weighted by atomic mass is 35.5. The first kappa shape index (κ1) is 22.0. The third kappa shape index (κ3) is 4.03. The molecular weight excluding hydrogens is 462 g/mol. The lowest BCUT2D eigenvalue weighted by molar-refractivity contribution is 0.211. The first-order valence-corrected chi connectivity index (χ1v) is 12.1. The number of aliphatic hydroxyl groups excluding tert-OH is 1. The van der Waals surface area contributed by atoms with E-state index in [2.05, 4.69) is 9.97 Å². The smallest absolute Gasteiger partial charge is 0.178 e. The predicted molar refractivity (Wildman–Crippen MR) is 121 cm³/mol. The van der Waals surface area contributed by atoms with Crippen molar-refractivity contribution in [1.29, 1.82) is 0 Å². The van der Waals surface area contributed by atoms with Gasteiger partial charge in [-0.2, -0.15) is 0 Å². The van der Waals surface area contributed by atoms with Crippen molar-refractivity contribution in [2.45, 2.75) is 30.8 Å². The number of halogens is 3. The summed E-state index contributed by atoms with van der Waals surface area (Å²) in [5, 5.41) is 11.2. The van der Waals surface area contributed by atoms with Crippen LogP contribution in [0.15, 0.2) is 53.2 Å². The second-order valence-corrected chi connectivity index (χ2v) is 10.3. The molecule has 1 heterocycles. The Bertz CT molecular complexity index is 1330. The second-order valence-electron chi connectivity index (χ2n) is 7.20. The first-order chi connectivity index (χ1) is 14.7. The molecule has 0 fully saturated rings. The molecule has 0 radical (unpaired) electrons. The highest BCUT2D eigenvalue weighted by molar-refractivity contribution is 7.91. The predicted octanol–water partition coefficient (Wildman–Crippen LogP) is 5.78. The summed E-state index contributed by atoms with van der Waals surface area (Å²) in [6.07, 6.45) is 3.27. The molecule has 1 unspecified atom stereocenters. The normalized spacial score (nSPS) is 15.6. The van der Waals surface area contributed by atoms with Crippen LogP contribution in [0.1, 0.15) is 42.8 Å². The summed E-state index contributed by atoms with van der Waals surface area (Å²) in [6.45, 7) is 1.57. The maximum absolute atomic E-state index is 14.4. The number of aromatic nitrogens is 2. The standard InChI is InChI=1S/C22H19Cl2FN2O3S/c1-2-31(29,30)13-9-7-12(8-10-13)21(28)22-26-17-11-15(23)18(19(24)20(17)27-22)14-5-3-4-6-16(14)25/h3,5,7-11,21,28H,2,4,6H2,1H3,(H,26,27). The van der Waals surface area contributed by atoms with Crippen molar-refractivity contribution in [3.05, 3.63) is 75.3 Å². The Morgan fingerprint density at radius 1 is 1.26 bits per heavy atom. The zero-order chi connectivity index (χ0) is 22.3. The molecule has 0 aliphatic heterocycles. The van der Waals surface area contributed by atoms with Gasteiger partial charge >= 0.3 is 0 Å². The highest BCUT2D eigenvalue weighted by Gasteiger charge is 2.23. The number of hydrogen-bond donors (Lipinski definition) is 2. The summed E-state index contributed by atoms with van der Waals surface area (Å²) in [5.74, 6) is -0.0832. The summed E-state index contributed by atoms with van der Waals surface area (Å²) >= 11 is 12.9. The van der Waals surface area contributed by atoms with Crippen LogP contribution in [0.25, 0.3) is 16.6 Å². The van der Waals surface area contributed by atoms with Gasteiger partial charge in [-0.15, -0.1) is 0 Å². The van der Waals surface area contributed by atoms with Crippen molar-refractivity contribution in [1.82, 2.24) is 9.97 Å². The minimum atomic E-state index is -3.33. The van der Waals surface area contributed by atoms with E-state index in [1.54, 1.807) is 19.1 Å². The van der Waals surface area contributed by atoms with Gasteiger partial charge in [0.15, 0.2) is 9.84 Å². The summed E-state index contributed by atoms with van der Waals surface area (Å²) in [7, 11) is -3.33. The molecule has 31 heavy (non-hydrogen) atoms. The quantitative estimate of drug-likeness (QED) is 0.484. The Balaban J connectivity index is 1.74. The number of fused-ring (bicyclic) bond motifs is 1. The molecule has 3 aromatic rings. The Morgan fingerprint density at radius 3 is 2.61 bits per heavy atom. The van der Waals surface area contributed by atoms with E-state index >= 15 is 0 Å². The van der Waals surface area contributed by atoms with E-state index in [1.807, 2.05) is 6.08 Å². The van der Waals surface area contributed by atoms with Gasteiger partial charge in [-0.25, -0.2) is 17.8 Å². The zero-order valence-electron chi connectivity index (χ0n) is 16.5. The molecule has 1 aliphatic rings. The SMILES string of the molecule is CCS(=O)(=O)c1ccc(C(O)c2nc3c(Cl)c(C4=C(F)CCC=C4)c(Cl)cc3[nH]2)cc1. The number of aliphatic hydroxyl groups is 1. The van der Waals surface area contributed by atoms with Crippen LogP contribution in [-0.2, 0) is 9.84 Å². The van der Waals surface area contributed by atoms with Gasteiger partial charge < -0.3 is 10.1 Å². The fourth-order valence-corrected chi connectivity index (χ4v) is 5.10. The summed E-state index contributed by atoms with van der Waals surface area (Å²) in [6, 6.07) is 7.57. The number of nitrogens with zero attached hydrogens (tertiary/aromatic N) is 1. The maximum atomic E-state index is 14.4. The number of aromatic amines is 1. The van der Waals surface area contributed by atoms with Gasteiger partial charge in [0.05, 0.1) is 26.2 Å². The molecule has 0 saturated heterocycles. The van der Waals surface area contributed by atoms with E-state index in [0.29, 0.717) is 34.2 Å². The Labute approximate surface area is 189 Å². The number of sulfone groups is 1. The molecular formula is C22H19Cl2FN2O3S. The van der Waals surface area contributed by atoms with Gasteiger partial charge in [0.2, 0.25) is 0 Å². The van der Waals surface area contributed by atoms with Gasteiger partial charge in [-0.05, 0) is 30.2 Å². The zero-order valence-corrected chi connectivity index (χ0v) is 18.8. The molecule has 2 aromatic carbocycles. The lowest BCUT2D eigenvalue weighted by atomic mass is 9.98. The lowest BCUT2D eigenvalue weighted by Gasteiger charge is -2.13. The number of H-pyrrole nitrogens is 1. The van der Waals surface area contributed by atoms with Crippen molar-refractivity contribution >= 4 is 49.6 Å².